The van der Waals surface area contributed by atoms with Gasteiger partial charge < -0.3 is 14.5 Å². The predicted octanol–water partition coefficient (Wildman–Crippen LogP) is 4.57. The van der Waals surface area contributed by atoms with Crippen molar-refractivity contribution in [2.24, 2.45) is 0 Å². The van der Waals surface area contributed by atoms with Crippen LogP contribution >= 0.6 is 34.7 Å². The van der Waals surface area contributed by atoms with Crippen LogP contribution in [0.25, 0.3) is 10.2 Å². The first-order chi connectivity index (χ1) is 14.1. The lowest BCUT2D eigenvalue weighted by Gasteiger charge is -2.34. The quantitative estimate of drug-likeness (QED) is 0.536. The van der Waals surface area contributed by atoms with Crippen LogP contribution in [0.1, 0.15) is 5.56 Å². The molecule has 1 amide bonds. The molecule has 0 spiro atoms. The van der Waals surface area contributed by atoms with Crippen molar-refractivity contribution < 1.29 is 9.53 Å². The van der Waals surface area contributed by atoms with Gasteiger partial charge >= 0.3 is 0 Å². The highest BCUT2D eigenvalue weighted by atomic mass is 35.5. The molecule has 8 heteroatoms. The third kappa shape index (κ3) is 4.32. The van der Waals surface area contributed by atoms with Gasteiger partial charge in [0.25, 0.3) is 0 Å². The Morgan fingerprint density at radius 3 is 2.55 bits per heavy atom. The molecule has 2 heterocycles. The molecular formula is C21H22ClN3O2S2. The summed E-state index contributed by atoms with van der Waals surface area (Å²) in [4.78, 5) is 22.8. The van der Waals surface area contributed by atoms with Gasteiger partial charge in [0.15, 0.2) is 5.13 Å². The maximum atomic E-state index is 12.7. The summed E-state index contributed by atoms with van der Waals surface area (Å²) >= 11 is 9.62. The molecule has 1 saturated heterocycles. The number of hydrogen-bond acceptors (Lipinski definition) is 6. The van der Waals surface area contributed by atoms with E-state index in [9.17, 15) is 4.79 Å². The number of halogens is 1. The minimum Gasteiger partial charge on any atom is -0.494 e. The van der Waals surface area contributed by atoms with Crippen molar-refractivity contribution in [3.05, 3.63) is 47.0 Å². The largest absolute Gasteiger partial charge is 0.494 e. The van der Waals surface area contributed by atoms with E-state index < -0.39 is 0 Å². The summed E-state index contributed by atoms with van der Waals surface area (Å²) in [5.41, 5.74) is 1.86. The van der Waals surface area contributed by atoms with E-state index >= 15 is 0 Å². The van der Waals surface area contributed by atoms with Crippen molar-refractivity contribution in [3.63, 3.8) is 0 Å². The molecule has 29 heavy (non-hydrogen) atoms. The summed E-state index contributed by atoms with van der Waals surface area (Å²) < 4.78 is 6.35. The molecule has 3 aromatic rings. The van der Waals surface area contributed by atoms with Gasteiger partial charge in [-0.15, -0.1) is 11.8 Å². The molecule has 5 nitrogen and oxygen atoms in total. The zero-order valence-electron chi connectivity index (χ0n) is 16.4. The number of thioether (sulfide) groups is 1. The molecule has 1 aliphatic rings. The van der Waals surface area contributed by atoms with Crippen LogP contribution in [0.5, 0.6) is 5.75 Å². The number of carbonyl (C=O) groups excluding carboxylic acids is 1. The van der Waals surface area contributed by atoms with Crippen LogP contribution in [0, 0.1) is 0 Å². The van der Waals surface area contributed by atoms with Crippen LogP contribution in [0.4, 0.5) is 5.13 Å². The molecule has 0 N–H and O–H groups in total. The van der Waals surface area contributed by atoms with E-state index in [1.165, 1.54) is 4.90 Å². The second-order valence-corrected chi connectivity index (χ2v) is 9.08. The fourth-order valence-electron chi connectivity index (χ4n) is 3.42. The van der Waals surface area contributed by atoms with E-state index in [-0.39, 0.29) is 5.91 Å². The van der Waals surface area contributed by atoms with Crippen LogP contribution in [-0.2, 0) is 11.2 Å². The average Bonchev–Trinajstić information content (AvgIpc) is 3.21. The SMILES string of the molecule is COc1ccc(Cl)c2sc(N3CCN(C(=O)Cc4ccc(SC)cc4)CC3)nc12. The van der Waals surface area contributed by atoms with E-state index in [1.54, 1.807) is 30.2 Å². The number of piperazine rings is 1. The number of thiazole rings is 1. The zero-order valence-corrected chi connectivity index (χ0v) is 18.7. The second-order valence-electron chi connectivity index (χ2n) is 6.82. The fourth-order valence-corrected chi connectivity index (χ4v) is 5.13. The smallest absolute Gasteiger partial charge is 0.227 e. The molecule has 0 aliphatic carbocycles. The van der Waals surface area contributed by atoms with Gasteiger partial charge in [0, 0.05) is 31.1 Å². The molecule has 152 valence electrons. The number of hydrogen-bond donors (Lipinski definition) is 0. The van der Waals surface area contributed by atoms with Crippen LogP contribution in [0.15, 0.2) is 41.3 Å². The van der Waals surface area contributed by atoms with Crippen LogP contribution in [0.3, 0.4) is 0 Å². The Bertz CT molecular complexity index is 1010. The van der Waals surface area contributed by atoms with Gasteiger partial charge in [-0.2, -0.15) is 0 Å². The Kier molecular flexibility index (Phi) is 6.18. The van der Waals surface area contributed by atoms with Crippen LogP contribution in [0.2, 0.25) is 5.02 Å². The molecule has 0 atom stereocenters. The first-order valence-corrected chi connectivity index (χ1v) is 11.8. The number of ether oxygens (including phenoxy) is 1. The molecule has 2 aromatic carbocycles. The Morgan fingerprint density at radius 1 is 1.17 bits per heavy atom. The Morgan fingerprint density at radius 2 is 1.90 bits per heavy atom. The minimum atomic E-state index is 0.176. The van der Waals surface area contributed by atoms with Gasteiger partial charge in [-0.25, -0.2) is 4.98 Å². The molecule has 0 radical (unpaired) electrons. The molecule has 0 unspecified atom stereocenters. The van der Waals surface area contributed by atoms with E-state index in [2.05, 4.69) is 23.3 Å². The Labute approximate surface area is 183 Å². The predicted molar refractivity (Wildman–Crippen MR) is 122 cm³/mol. The third-order valence-electron chi connectivity index (χ3n) is 5.08. The van der Waals surface area contributed by atoms with Gasteiger partial charge in [0.1, 0.15) is 11.3 Å². The first-order valence-electron chi connectivity index (χ1n) is 9.37. The Balaban J connectivity index is 1.40. The monoisotopic (exact) mass is 447 g/mol. The number of methoxy groups -OCH3 is 1. The van der Waals surface area contributed by atoms with Gasteiger partial charge in [0.2, 0.25) is 5.91 Å². The van der Waals surface area contributed by atoms with Crippen molar-refractivity contribution in [1.82, 2.24) is 9.88 Å². The van der Waals surface area contributed by atoms with E-state index in [4.69, 9.17) is 21.3 Å². The molecule has 1 fully saturated rings. The minimum absolute atomic E-state index is 0.176. The highest BCUT2D eigenvalue weighted by molar-refractivity contribution is 7.98. The molecule has 1 aliphatic heterocycles. The van der Waals surface area contributed by atoms with Gasteiger partial charge in [-0.3, -0.25) is 4.79 Å². The van der Waals surface area contributed by atoms with Crippen molar-refractivity contribution in [2.45, 2.75) is 11.3 Å². The lowest BCUT2D eigenvalue weighted by Crippen LogP contribution is -2.49. The summed E-state index contributed by atoms with van der Waals surface area (Å²) in [6.45, 7) is 2.92. The molecule has 4 rings (SSSR count). The summed E-state index contributed by atoms with van der Waals surface area (Å²) in [6, 6.07) is 11.9. The molecule has 0 saturated carbocycles. The molecule has 0 bridgehead atoms. The standard InChI is InChI=1S/C21H22ClN3O2S2/c1-27-17-8-7-16(22)20-19(17)23-21(29-20)25-11-9-24(10-12-25)18(26)13-14-3-5-15(28-2)6-4-14/h3-8H,9-13H2,1-2H3. The number of carbonyl (C=O) groups is 1. The lowest BCUT2D eigenvalue weighted by molar-refractivity contribution is -0.130. The Hall–Kier alpha value is -1.96. The van der Waals surface area contributed by atoms with Gasteiger partial charge in [0.05, 0.1) is 23.3 Å². The number of nitrogens with zero attached hydrogens (tertiary/aromatic N) is 3. The number of anilines is 1. The molecule has 1 aromatic heterocycles. The van der Waals surface area contributed by atoms with E-state index in [0.717, 1.165) is 39.8 Å². The topological polar surface area (TPSA) is 45.7 Å². The van der Waals surface area contributed by atoms with Crippen molar-refractivity contribution in [2.75, 3.05) is 44.4 Å². The highest BCUT2D eigenvalue weighted by Crippen LogP contribution is 2.38. The summed E-state index contributed by atoms with van der Waals surface area (Å²) in [7, 11) is 1.64. The van der Waals surface area contributed by atoms with E-state index in [1.807, 2.05) is 29.2 Å². The normalized spacial score (nSPS) is 14.4. The number of amides is 1. The maximum absolute atomic E-state index is 12.7. The average molecular weight is 448 g/mol. The van der Waals surface area contributed by atoms with Gasteiger partial charge in [-0.1, -0.05) is 35.1 Å². The lowest BCUT2D eigenvalue weighted by atomic mass is 10.1. The second kappa shape index (κ2) is 8.81. The van der Waals surface area contributed by atoms with Crippen molar-refractivity contribution >= 4 is 56.0 Å². The number of rotatable bonds is 5. The number of benzene rings is 2. The summed E-state index contributed by atoms with van der Waals surface area (Å²) in [5.74, 6) is 0.906. The highest BCUT2D eigenvalue weighted by Gasteiger charge is 2.24. The summed E-state index contributed by atoms with van der Waals surface area (Å²) in [6.07, 6.45) is 2.50. The third-order valence-corrected chi connectivity index (χ3v) is 7.40. The number of aromatic nitrogens is 1. The van der Waals surface area contributed by atoms with Gasteiger partial charge in [-0.05, 0) is 36.1 Å². The molecular weight excluding hydrogens is 426 g/mol. The van der Waals surface area contributed by atoms with Crippen LogP contribution < -0.4 is 9.64 Å². The number of fused-ring (bicyclic) bond motifs is 1. The maximum Gasteiger partial charge on any atom is 0.227 e. The fraction of sp³-hybridized carbons (Fsp3) is 0.333. The zero-order chi connectivity index (χ0) is 20.4. The van der Waals surface area contributed by atoms with Crippen LogP contribution in [-0.4, -0.2) is 55.3 Å². The first kappa shape index (κ1) is 20.3. The van der Waals surface area contributed by atoms with Crippen molar-refractivity contribution in [3.8, 4) is 5.75 Å². The van der Waals surface area contributed by atoms with Crippen molar-refractivity contribution in [1.29, 1.82) is 0 Å². The summed E-state index contributed by atoms with van der Waals surface area (Å²) in [5, 5.41) is 1.61. The van der Waals surface area contributed by atoms with E-state index in [0.29, 0.717) is 24.5 Å².